The number of para-hydroxylation sites is 2. The van der Waals surface area contributed by atoms with E-state index in [2.05, 4.69) is 26.2 Å². The van der Waals surface area contributed by atoms with Crippen LogP contribution in [0.5, 0.6) is 0 Å². The highest BCUT2D eigenvalue weighted by atomic mass is 79.9. The van der Waals surface area contributed by atoms with E-state index in [0.29, 0.717) is 17.8 Å². The van der Waals surface area contributed by atoms with Crippen LogP contribution in [0.1, 0.15) is 25.1 Å². The van der Waals surface area contributed by atoms with Crippen LogP contribution in [0.4, 0.5) is 5.69 Å². The topological polar surface area (TPSA) is 68.4 Å². The first-order valence-corrected chi connectivity index (χ1v) is 9.85. The molecule has 0 saturated heterocycles. The summed E-state index contributed by atoms with van der Waals surface area (Å²) in [5, 5.41) is 3.85. The Bertz CT molecular complexity index is 1260. The number of carbonyl (C=O) groups excluding carboxylic acids is 1. The Labute approximate surface area is 169 Å². The lowest BCUT2D eigenvalue weighted by molar-refractivity contribution is -0.119. The van der Waals surface area contributed by atoms with Gasteiger partial charge in [0.25, 0.3) is 5.56 Å². The highest BCUT2D eigenvalue weighted by Gasteiger charge is 2.25. The molecule has 4 rings (SSSR count). The third-order valence-electron chi connectivity index (χ3n) is 4.81. The maximum atomic E-state index is 13.2. The average Bonchev–Trinajstić information content (AvgIpc) is 2.99. The van der Waals surface area contributed by atoms with Crippen molar-refractivity contribution < 1.29 is 4.79 Å². The Kier molecular flexibility index (Phi) is 4.77. The van der Waals surface area contributed by atoms with E-state index in [4.69, 9.17) is 0 Å². The number of nitrogens with one attached hydrogen (secondary N) is 1. The molecule has 2 aromatic carbocycles. The maximum Gasteiger partial charge on any atom is 0.273 e. The largest absolute Gasteiger partial charge is 0.323 e. The van der Waals surface area contributed by atoms with Crippen LogP contribution in [-0.2, 0) is 4.79 Å². The van der Waals surface area contributed by atoms with E-state index < -0.39 is 6.04 Å². The van der Waals surface area contributed by atoms with E-state index in [-0.39, 0.29) is 11.5 Å². The highest BCUT2D eigenvalue weighted by molar-refractivity contribution is 9.10. The summed E-state index contributed by atoms with van der Waals surface area (Å²) >= 11 is 3.47. The van der Waals surface area contributed by atoms with Crippen LogP contribution in [0.2, 0.25) is 0 Å². The number of anilines is 1. The van der Waals surface area contributed by atoms with Crippen LogP contribution in [-0.4, -0.2) is 20.1 Å². The number of amides is 1. The maximum absolute atomic E-state index is 13.2. The van der Waals surface area contributed by atoms with Crippen molar-refractivity contribution in [2.75, 3.05) is 5.32 Å². The Morgan fingerprint density at radius 3 is 2.64 bits per heavy atom. The summed E-state index contributed by atoms with van der Waals surface area (Å²) in [6, 6.07) is 16.2. The molecule has 0 spiro atoms. The van der Waals surface area contributed by atoms with Crippen molar-refractivity contribution in [3.05, 3.63) is 75.1 Å². The summed E-state index contributed by atoms with van der Waals surface area (Å²) in [6.07, 6.45) is 0.579. The molecule has 1 unspecified atom stereocenters. The van der Waals surface area contributed by atoms with Gasteiger partial charge in [0, 0.05) is 21.6 Å². The van der Waals surface area contributed by atoms with Crippen LogP contribution in [0, 0.1) is 6.92 Å². The summed E-state index contributed by atoms with van der Waals surface area (Å²) in [6.45, 7) is 3.82. The van der Waals surface area contributed by atoms with Crippen molar-refractivity contribution in [2.45, 2.75) is 26.3 Å². The SMILES string of the molecule is CCC(C(=O)Nc1ccccc1Br)n1c2ccccc2c2nc(=O)cc(C)n21. The number of benzene rings is 2. The lowest BCUT2D eigenvalue weighted by Gasteiger charge is -2.21. The van der Waals surface area contributed by atoms with Crippen molar-refractivity contribution in [1.82, 2.24) is 14.2 Å². The Morgan fingerprint density at radius 2 is 1.89 bits per heavy atom. The number of carbonyl (C=O) groups is 1. The van der Waals surface area contributed by atoms with Gasteiger partial charge in [-0.25, -0.2) is 4.52 Å². The second-order valence-corrected chi connectivity index (χ2v) is 7.48. The Hall–Kier alpha value is -2.93. The summed E-state index contributed by atoms with van der Waals surface area (Å²) in [7, 11) is 0. The number of aryl methyl sites for hydroxylation is 1. The van der Waals surface area contributed by atoms with Gasteiger partial charge < -0.3 is 5.32 Å². The number of rotatable bonds is 4. The third kappa shape index (κ3) is 3.01. The van der Waals surface area contributed by atoms with E-state index in [1.54, 1.807) is 0 Å². The number of nitrogens with zero attached hydrogens (tertiary/aromatic N) is 3. The van der Waals surface area contributed by atoms with E-state index >= 15 is 0 Å². The molecule has 2 heterocycles. The van der Waals surface area contributed by atoms with Gasteiger partial charge in [-0.05, 0) is 53.5 Å². The first kappa shape index (κ1) is 18.4. The van der Waals surface area contributed by atoms with Gasteiger partial charge >= 0.3 is 0 Å². The van der Waals surface area contributed by atoms with E-state index in [1.807, 2.05) is 71.6 Å². The molecule has 7 heteroatoms. The first-order valence-electron chi connectivity index (χ1n) is 9.06. The molecule has 0 aliphatic heterocycles. The van der Waals surface area contributed by atoms with E-state index in [0.717, 1.165) is 21.1 Å². The predicted octanol–water partition coefficient (Wildman–Crippen LogP) is 4.31. The van der Waals surface area contributed by atoms with Gasteiger partial charge in [-0.1, -0.05) is 31.2 Å². The molecule has 142 valence electrons. The molecule has 28 heavy (non-hydrogen) atoms. The third-order valence-corrected chi connectivity index (χ3v) is 5.50. The fourth-order valence-corrected chi connectivity index (χ4v) is 3.95. The predicted molar refractivity (Wildman–Crippen MR) is 114 cm³/mol. The quantitative estimate of drug-likeness (QED) is 0.515. The zero-order valence-electron chi connectivity index (χ0n) is 15.5. The number of aromatic nitrogens is 3. The van der Waals surface area contributed by atoms with Crippen LogP contribution in [0.15, 0.2) is 63.9 Å². The van der Waals surface area contributed by atoms with E-state index in [9.17, 15) is 9.59 Å². The molecule has 0 saturated carbocycles. The number of halogens is 1. The molecule has 0 radical (unpaired) electrons. The zero-order valence-corrected chi connectivity index (χ0v) is 17.1. The molecule has 2 aromatic heterocycles. The molecule has 0 aliphatic rings. The summed E-state index contributed by atoms with van der Waals surface area (Å²) < 4.78 is 4.61. The summed E-state index contributed by atoms with van der Waals surface area (Å²) in [5.74, 6) is -0.129. The number of hydrogen-bond acceptors (Lipinski definition) is 3. The van der Waals surface area contributed by atoms with Crippen LogP contribution >= 0.6 is 15.9 Å². The average molecular weight is 439 g/mol. The van der Waals surface area contributed by atoms with Gasteiger partial charge in [0.1, 0.15) is 6.04 Å². The van der Waals surface area contributed by atoms with Crippen LogP contribution in [0.25, 0.3) is 16.6 Å². The van der Waals surface area contributed by atoms with Gasteiger partial charge in [0.05, 0.1) is 11.2 Å². The zero-order chi connectivity index (χ0) is 19.8. The molecule has 0 fully saturated rings. The summed E-state index contributed by atoms with van der Waals surface area (Å²) in [5.41, 5.74) is 2.59. The Balaban J connectivity index is 1.91. The van der Waals surface area contributed by atoms with E-state index in [1.165, 1.54) is 6.07 Å². The first-order chi connectivity index (χ1) is 13.5. The molecule has 1 N–H and O–H groups in total. The minimum absolute atomic E-state index is 0.129. The van der Waals surface area contributed by atoms with Gasteiger partial charge in [-0.3, -0.25) is 14.3 Å². The summed E-state index contributed by atoms with van der Waals surface area (Å²) in [4.78, 5) is 29.4. The van der Waals surface area contributed by atoms with Crippen LogP contribution < -0.4 is 10.9 Å². The molecule has 0 aliphatic carbocycles. The monoisotopic (exact) mass is 438 g/mol. The fraction of sp³-hybridized carbons (Fsp3) is 0.190. The van der Waals surface area contributed by atoms with Gasteiger partial charge in [-0.15, -0.1) is 0 Å². The van der Waals surface area contributed by atoms with Gasteiger partial charge in [0.2, 0.25) is 5.91 Å². The van der Waals surface area contributed by atoms with Crippen molar-refractivity contribution in [1.29, 1.82) is 0 Å². The molecule has 4 aromatic rings. The number of hydrogen-bond donors (Lipinski definition) is 1. The highest BCUT2D eigenvalue weighted by Crippen LogP contribution is 2.28. The van der Waals surface area contributed by atoms with Crippen molar-refractivity contribution in [3.8, 4) is 0 Å². The van der Waals surface area contributed by atoms with Crippen molar-refractivity contribution in [3.63, 3.8) is 0 Å². The van der Waals surface area contributed by atoms with Gasteiger partial charge in [0.15, 0.2) is 5.65 Å². The molecule has 0 bridgehead atoms. The second-order valence-electron chi connectivity index (χ2n) is 6.63. The lowest BCUT2D eigenvalue weighted by atomic mass is 10.2. The molecule has 1 amide bonds. The van der Waals surface area contributed by atoms with Crippen LogP contribution in [0.3, 0.4) is 0 Å². The molecular formula is C21H19BrN4O2. The fourth-order valence-electron chi connectivity index (χ4n) is 3.56. The number of fused-ring (bicyclic) bond motifs is 3. The normalized spacial score (nSPS) is 12.4. The molecule has 6 nitrogen and oxygen atoms in total. The van der Waals surface area contributed by atoms with Crippen molar-refractivity contribution in [2.24, 2.45) is 0 Å². The standard InChI is InChI=1S/C21H19BrN4O2/c1-3-17(21(28)23-16-10-6-5-9-15(16)22)26-18-11-7-4-8-14(18)20-24-19(27)12-13(2)25(20)26/h4-12,17H,3H2,1-2H3,(H,23,28). The molecule has 1 atom stereocenters. The minimum Gasteiger partial charge on any atom is -0.323 e. The van der Waals surface area contributed by atoms with Gasteiger partial charge in [-0.2, -0.15) is 4.98 Å². The second kappa shape index (κ2) is 7.24. The van der Waals surface area contributed by atoms with Crippen molar-refractivity contribution >= 4 is 44.1 Å². The lowest BCUT2D eigenvalue weighted by Crippen LogP contribution is -2.29. The smallest absolute Gasteiger partial charge is 0.273 e. The Morgan fingerprint density at radius 1 is 1.18 bits per heavy atom. The molecular weight excluding hydrogens is 420 g/mol. The minimum atomic E-state index is -0.475.